The summed E-state index contributed by atoms with van der Waals surface area (Å²) in [5.41, 5.74) is -0.461. The molecule has 3 rings (SSSR count). The highest BCUT2D eigenvalue weighted by atomic mass is 16.5. The van der Waals surface area contributed by atoms with E-state index >= 15 is 0 Å². The normalized spacial score (nSPS) is 20.7. The first-order chi connectivity index (χ1) is 14.9. The minimum atomic E-state index is -1.58. The largest absolute Gasteiger partial charge is 0.497 e. The van der Waals surface area contributed by atoms with Crippen molar-refractivity contribution in [3.63, 3.8) is 0 Å². The second kappa shape index (κ2) is 10.8. The highest BCUT2D eigenvalue weighted by molar-refractivity contribution is 6.39. The maximum Gasteiger partial charge on any atom is 0.328 e. The molecular weight excluding hydrogens is 398 g/mol. The Bertz CT molecular complexity index is 769. The lowest BCUT2D eigenvalue weighted by Gasteiger charge is -2.36. The molecule has 0 unspecified atom stereocenters. The van der Waals surface area contributed by atoms with Gasteiger partial charge in [-0.1, -0.05) is 31.4 Å². The van der Waals surface area contributed by atoms with E-state index in [-0.39, 0.29) is 6.61 Å². The van der Waals surface area contributed by atoms with Crippen LogP contribution in [0.5, 0.6) is 5.75 Å². The predicted molar refractivity (Wildman–Crippen MR) is 115 cm³/mol. The Labute approximate surface area is 183 Å². The van der Waals surface area contributed by atoms with E-state index in [4.69, 9.17) is 9.47 Å². The topological polar surface area (TPSA) is 93.1 Å². The molecule has 1 aliphatic carbocycles. The molecule has 2 aliphatic rings. The number of aliphatic hydroxyl groups is 1. The van der Waals surface area contributed by atoms with Crippen LogP contribution in [0.4, 0.5) is 0 Å². The summed E-state index contributed by atoms with van der Waals surface area (Å²) >= 11 is 0. The summed E-state index contributed by atoms with van der Waals surface area (Å²) in [4.78, 5) is 39.6. The molecule has 1 saturated heterocycles. The summed E-state index contributed by atoms with van der Waals surface area (Å²) in [6.45, 7) is 0.591. The van der Waals surface area contributed by atoms with Crippen molar-refractivity contribution in [3.8, 4) is 5.75 Å². The second-order valence-electron chi connectivity index (χ2n) is 8.55. The molecule has 170 valence electrons. The number of likely N-dealkylation sites (tertiary alicyclic amines) is 1. The average molecular weight is 432 g/mol. The van der Waals surface area contributed by atoms with Gasteiger partial charge in [-0.3, -0.25) is 9.59 Å². The van der Waals surface area contributed by atoms with Gasteiger partial charge in [0.2, 0.25) is 0 Å². The number of nitrogens with zero attached hydrogens (tertiary/aromatic N) is 1. The molecule has 1 heterocycles. The number of hydrogen-bond acceptors (Lipinski definition) is 6. The van der Waals surface area contributed by atoms with Crippen LogP contribution in [0, 0.1) is 0 Å². The summed E-state index contributed by atoms with van der Waals surface area (Å²) in [6, 6.07) is 6.99. The average Bonchev–Trinajstić information content (AvgIpc) is 2.81. The number of hydrogen-bond donors (Lipinski definition) is 1. The molecule has 1 amide bonds. The standard InChI is InChI=1S/C24H33NO6/c1-30-19-12-10-18(11-13-19)8-7-17-31-23(28)20-9-3-6-16-25(20)22(27)21(26)24(29)14-4-2-5-15-24/h10-13,20,29H,2-9,14-17H2,1H3/t20-/m0/s1. The van der Waals surface area contributed by atoms with Crippen molar-refractivity contribution >= 4 is 17.7 Å². The van der Waals surface area contributed by atoms with Crippen molar-refractivity contribution < 1.29 is 29.0 Å². The van der Waals surface area contributed by atoms with Crippen LogP contribution in [-0.4, -0.2) is 59.6 Å². The number of ketones is 1. The molecule has 0 radical (unpaired) electrons. The van der Waals surface area contributed by atoms with E-state index < -0.39 is 29.3 Å². The van der Waals surface area contributed by atoms with Gasteiger partial charge in [0.05, 0.1) is 13.7 Å². The van der Waals surface area contributed by atoms with Gasteiger partial charge >= 0.3 is 5.97 Å². The van der Waals surface area contributed by atoms with Crippen LogP contribution in [0.1, 0.15) is 63.4 Å². The van der Waals surface area contributed by atoms with Gasteiger partial charge in [0, 0.05) is 6.54 Å². The molecule has 7 heteroatoms. The maximum absolute atomic E-state index is 12.9. The third kappa shape index (κ3) is 5.85. The molecule has 2 fully saturated rings. The van der Waals surface area contributed by atoms with Crippen LogP contribution in [-0.2, 0) is 25.5 Å². The van der Waals surface area contributed by atoms with Crippen molar-refractivity contribution in [2.24, 2.45) is 0 Å². The lowest BCUT2D eigenvalue weighted by atomic mass is 9.81. The number of carbonyl (C=O) groups excluding carboxylic acids is 3. The lowest BCUT2D eigenvalue weighted by Crippen LogP contribution is -2.56. The number of amides is 1. The van der Waals surface area contributed by atoms with E-state index in [0.717, 1.165) is 49.8 Å². The minimum Gasteiger partial charge on any atom is -0.497 e. The van der Waals surface area contributed by atoms with Gasteiger partial charge in [-0.15, -0.1) is 0 Å². The van der Waals surface area contributed by atoms with E-state index in [1.54, 1.807) is 7.11 Å². The summed E-state index contributed by atoms with van der Waals surface area (Å²) in [7, 11) is 1.62. The first-order valence-corrected chi connectivity index (χ1v) is 11.3. The summed E-state index contributed by atoms with van der Waals surface area (Å²) < 4.78 is 10.6. The van der Waals surface area contributed by atoms with Crippen LogP contribution in [0.2, 0.25) is 0 Å². The van der Waals surface area contributed by atoms with Crippen molar-refractivity contribution in [3.05, 3.63) is 29.8 Å². The van der Waals surface area contributed by atoms with E-state index in [2.05, 4.69) is 0 Å². The van der Waals surface area contributed by atoms with Crippen molar-refractivity contribution in [2.75, 3.05) is 20.3 Å². The zero-order valence-corrected chi connectivity index (χ0v) is 18.3. The van der Waals surface area contributed by atoms with E-state index in [1.165, 1.54) is 4.90 Å². The minimum absolute atomic E-state index is 0.251. The molecule has 0 bridgehead atoms. The molecule has 1 atom stereocenters. The zero-order valence-electron chi connectivity index (χ0n) is 18.3. The molecule has 1 saturated carbocycles. The number of Topliss-reactive ketones (excluding diaryl/α,β-unsaturated/α-hetero) is 1. The Morgan fingerprint density at radius 2 is 1.77 bits per heavy atom. The first-order valence-electron chi connectivity index (χ1n) is 11.3. The Hall–Kier alpha value is -2.41. The maximum atomic E-state index is 12.9. The molecule has 1 aliphatic heterocycles. The first kappa shape index (κ1) is 23.3. The van der Waals surface area contributed by atoms with Crippen LogP contribution in [0.25, 0.3) is 0 Å². The van der Waals surface area contributed by atoms with Gasteiger partial charge in [-0.05, 0) is 62.6 Å². The number of esters is 1. The fraction of sp³-hybridized carbons (Fsp3) is 0.625. The summed E-state index contributed by atoms with van der Waals surface area (Å²) in [6.07, 6.45) is 6.48. The number of benzene rings is 1. The van der Waals surface area contributed by atoms with Gasteiger partial charge in [-0.2, -0.15) is 0 Å². The van der Waals surface area contributed by atoms with E-state index in [0.29, 0.717) is 32.2 Å². The molecule has 0 spiro atoms. The Balaban J connectivity index is 1.52. The van der Waals surface area contributed by atoms with Gasteiger partial charge in [0.15, 0.2) is 0 Å². The third-order valence-electron chi connectivity index (χ3n) is 6.35. The fourth-order valence-corrected chi connectivity index (χ4v) is 4.45. The van der Waals surface area contributed by atoms with Crippen LogP contribution in [0.15, 0.2) is 24.3 Å². The highest BCUT2D eigenvalue weighted by Crippen LogP contribution is 2.30. The molecular formula is C24H33NO6. The monoisotopic (exact) mass is 431 g/mol. The summed E-state index contributed by atoms with van der Waals surface area (Å²) in [5.74, 6) is -1.19. The van der Waals surface area contributed by atoms with Crippen LogP contribution >= 0.6 is 0 Å². The van der Waals surface area contributed by atoms with Gasteiger partial charge < -0.3 is 19.5 Å². The number of carbonyl (C=O) groups is 3. The number of piperidine rings is 1. The smallest absolute Gasteiger partial charge is 0.328 e. The molecule has 1 aromatic carbocycles. The molecule has 1 aromatic rings. The molecule has 31 heavy (non-hydrogen) atoms. The lowest BCUT2D eigenvalue weighted by molar-refractivity contribution is -0.164. The molecule has 7 nitrogen and oxygen atoms in total. The van der Waals surface area contributed by atoms with Gasteiger partial charge in [-0.25, -0.2) is 4.79 Å². The number of methoxy groups -OCH3 is 1. The van der Waals surface area contributed by atoms with Gasteiger partial charge in [0.25, 0.3) is 11.7 Å². The summed E-state index contributed by atoms with van der Waals surface area (Å²) in [5, 5.41) is 10.7. The van der Waals surface area contributed by atoms with Crippen molar-refractivity contribution in [1.82, 2.24) is 4.90 Å². The van der Waals surface area contributed by atoms with Gasteiger partial charge in [0.1, 0.15) is 17.4 Å². The van der Waals surface area contributed by atoms with Crippen molar-refractivity contribution in [2.45, 2.75) is 75.9 Å². The highest BCUT2D eigenvalue weighted by Gasteiger charge is 2.45. The Morgan fingerprint density at radius 1 is 1.06 bits per heavy atom. The van der Waals surface area contributed by atoms with Crippen LogP contribution < -0.4 is 4.74 Å². The van der Waals surface area contributed by atoms with Crippen LogP contribution in [0.3, 0.4) is 0 Å². The van der Waals surface area contributed by atoms with E-state index in [1.807, 2.05) is 24.3 Å². The predicted octanol–water partition coefficient (Wildman–Crippen LogP) is 2.82. The SMILES string of the molecule is COc1ccc(CCCOC(=O)[C@@H]2CCCCN2C(=O)C(=O)C2(O)CCCCC2)cc1. The number of rotatable bonds is 8. The fourth-order valence-electron chi connectivity index (χ4n) is 4.45. The number of ether oxygens (including phenoxy) is 2. The second-order valence-corrected chi connectivity index (χ2v) is 8.55. The van der Waals surface area contributed by atoms with Crippen molar-refractivity contribution in [1.29, 1.82) is 0 Å². The Kier molecular flexibility index (Phi) is 8.07. The third-order valence-corrected chi connectivity index (χ3v) is 6.35. The molecule has 1 N–H and O–H groups in total. The number of aryl methyl sites for hydroxylation is 1. The zero-order chi connectivity index (χ0) is 22.3. The van der Waals surface area contributed by atoms with E-state index in [9.17, 15) is 19.5 Å². The molecule has 0 aromatic heterocycles. The quantitative estimate of drug-likeness (QED) is 0.387. The Morgan fingerprint density at radius 3 is 2.45 bits per heavy atom.